The summed E-state index contributed by atoms with van der Waals surface area (Å²) in [4.78, 5) is 12.5. The van der Waals surface area contributed by atoms with Crippen LogP contribution in [-0.2, 0) is 11.3 Å². The summed E-state index contributed by atoms with van der Waals surface area (Å²) in [6.07, 6.45) is -0.338. The highest BCUT2D eigenvalue weighted by Crippen LogP contribution is 2.31. The number of para-hydroxylation sites is 2. The Hall–Kier alpha value is -2.52. The number of aromatic nitrogens is 3. The molecule has 0 aliphatic rings. The van der Waals surface area contributed by atoms with Crippen LogP contribution in [0.25, 0.3) is 0 Å². The molecule has 1 atom stereocenters. The largest absolute Gasteiger partial charge is 0.493 e. The number of carbonyl (C=O) groups is 1. The second-order valence-corrected chi connectivity index (χ2v) is 8.97. The number of ether oxygens (including phenoxy) is 2. The maximum Gasteiger partial charge on any atom is 0.234 e. The van der Waals surface area contributed by atoms with Crippen molar-refractivity contribution in [2.75, 3.05) is 18.2 Å². The van der Waals surface area contributed by atoms with Crippen molar-refractivity contribution in [3.63, 3.8) is 0 Å². The lowest BCUT2D eigenvalue weighted by Crippen LogP contribution is -2.16. The van der Waals surface area contributed by atoms with Gasteiger partial charge in [-0.25, -0.2) is 0 Å². The zero-order valence-corrected chi connectivity index (χ0v) is 21.2. The quantitative estimate of drug-likeness (QED) is 0.373. The molecule has 3 aromatic rings. The zero-order valence-electron chi connectivity index (χ0n) is 18.8. The predicted octanol–water partition coefficient (Wildman–Crippen LogP) is 5.56. The number of anilines is 1. The molecule has 1 unspecified atom stereocenters. The standard InChI is InChI=1S/C23H27BrN4O3S/c1-6-28-22(16(4)31-20-10-8-7-9-19(20)30-5)26-27-23(28)32-13-21(29)25-18-12-11-17(24)14(2)15(18)3/h7-12,16H,6,13H2,1-5H3,(H,25,29). The van der Waals surface area contributed by atoms with Gasteiger partial charge in [-0.3, -0.25) is 4.79 Å². The van der Waals surface area contributed by atoms with Gasteiger partial charge in [0.1, 0.15) is 0 Å². The molecule has 32 heavy (non-hydrogen) atoms. The fraction of sp³-hybridized carbons (Fsp3) is 0.348. The van der Waals surface area contributed by atoms with E-state index in [0.717, 1.165) is 21.3 Å². The molecule has 2 aromatic carbocycles. The van der Waals surface area contributed by atoms with Crippen LogP contribution in [0.15, 0.2) is 46.0 Å². The smallest absolute Gasteiger partial charge is 0.234 e. The van der Waals surface area contributed by atoms with Crippen LogP contribution in [0.5, 0.6) is 11.5 Å². The van der Waals surface area contributed by atoms with E-state index in [0.29, 0.717) is 29.0 Å². The van der Waals surface area contributed by atoms with Gasteiger partial charge < -0.3 is 19.4 Å². The topological polar surface area (TPSA) is 78.3 Å². The Morgan fingerprint density at radius 2 is 1.88 bits per heavy atom. The van der Waals surface area contributed by atoms with Gasteiger partial charge in [0.15, 0.2) is 28.6 Å². The molecule has 1 heterocycles. The van der Waals surface area contributed by atoms with Gasteiger partial charge in [-0.1, -0.05) is 39.8 Å². The number of nitrogens with one attached hydrogen (secondary N) is 1. The summed E-state index contributed by atoms with van der Waals surface area (Å²) in [5, 5.41) is 12.3. The number of nitrogens with zero attached hydrogens (tertiary/aromatic N) is 3. The van der Waals surface area contributed by atoms with Crippen LogP contribution in [0.3, 0.4) is 0 Å². The van der Waals surface area contributed by atoms with E-state index >= 15 is 0 Å². The van der Waals surface area contributed by atoms with Crippen LogP contribution >= 0.6 is 27.7 Å². The lowest BCUT2D eigenvalue weighted by atomic mass is 10.1. The Balaban J connectivity index is 1.67. The van der Waals surface area contributed by atoms with Gasteiger partial charge in [-0.05, 0) is 63.1 Å². The van der Waals surface area contributed by atoms with Crippen LogP contribution in [0.2, 0.25) is 0 Å². The molecule has 0 saturated heterocycles. The third kappa shape index (κ3) is 5.45. The lowest BCUT2D eigenvalue weighted by Gasteiger charge is -2.17. The van der Waals surface area contributed by atoms with Crippen LogP contribution in [0.1, 0.15) is 36.9 Å². The normalized spacial score (nSPS) is 11.8. The molecule has 0 spiro atoms. The average Bonchev–Trinajstić information content (AvgIpc) is 3.21. The number of thioether (sulfide) groups is 1. The highest BCUT2D eigenvalue weighted by atomic mass is 79.9. The number of halogens is 1. The lowest BCUT2D eigenvalue weighted by molar-refractivity contribution is -0.113. The van der Waals surface area contributed by atoms with Crippen molar-refractivity contribution in [3.05, 3.63) is 57.8 Å². The number of carbonyl (C=O) groups excluding carboxylic acids is 1. The molecule has 1 amide bonds. The fourth-order valence-electron chi connectivity index (χ4n) is 3.20. The first-order valence-electron chi connectivity index (χ1n) is 10.3. The monoisotopic (exact) mass is 518 g/mol. The number of rotatable bonds is 9. The minimum atomic E-state index is -0.338. The molecular weight excluding hydrogens is 492 g/mol. The summed E-state index contributed by atoms with van der Waals surface area (Å²) < 4.78 is 14.4. The van der Waals surface area contributed by atoms with Crippen molar-refractivity contribution in [1.82, 2.24) is 14.8 Å². The average molecular weight is 519 g/mol. The van der Waals surface area contributed by atoms with Crippen molar-refractivity contribution in [1.29, 1.82) is 0 Å². The minimum absolute atomic E-state index is 0.0923. The molecule has 0 radical (unpaired) electrons. The Kier molecular flexibility index (Phi) is 8.20. The molecule has 1 aromatic heterocycles. The SMILES string of the molecule is CCn1c(SCC(=O)Nc2ccc(Br)c(C)c2C)nnc1C(C)Oc1ccccc1OC. The van der Waals surface area contributed by atoms with Crippen molar-refractivity contribution in [2.45, 2.75) is 45.5 Å². The Labute approximate surface area is 201 Å². The fourth-order valence-corrected chi connectivity index (χ4v) is 4.44. The highest BCUT2D eigenvalue weighted by molar-refractivity contribution is 9.10. The van der Waals surface area contributed by atoms with Gasteiger partial charge >= 0.3 is 0 Å². The molecule has 1 N–H and O–H groups in total. The van der Waals surface area contributed by atoms with Crippen molar-refractivity contribution < 1.29 is 14.3 Å². The van der Waals surface area contributed by atoms with Gasteiger partial charge in [-0.2, -0.15) is 0 Å². The van der Waals surface area contributed by atoms with E-state index in [-0.39, 0.29) is 17.8 Å². The van der Waals surface area contributed by atoms with E-state index in [9.17, 15) is 4.79 Å². The van der Waals surface area contributed by atoms with E-state index < -0.39 is 0 Å². The second kappa shape index (κ2) is 10.9. The third-order valence-corrected chi connectivity index (χ3v) is 6.95. The van der Waals surface area contributed by atoms with Crippen LogP contribution in [-0.4, -0.2) is 33.5 Å². The van der Waals surface area contributed by atoms with Crippen molar-refractivity contribution in [2.24, 2.45) is 0 Å². The summed E-state index contributed by atoms with van der Waals surface area (Å²) in [6, 6.07) is 11.3. The first-order chi connectivity index (χ1) is 15.3. The van der Waals surface area contributed by atoms with E-state index in [2.05, 4.69) is 31.4 Å². The maximum atomic E-state index is 12.5. The van der Waals surface area contributed by atoms with E-state index in [1.165, 1.54) is 11.8 Å². The minimum Gasteiger partial charge on any atom is -0.493 e. The molecule has 170 valence electrons. The van der Waals surface area contributed by atoms with Gasteiger partial charge in [0.2, 0.25) is 5.91 Å². The van der Waals surface area contributed by atoms with Crippen LogP contribution < -0.4 is 14.8 Å². The molecule has 0 aliphatic heterocycles. The summed E-state index contributed by atoms with van der Waals surface area (Å²) in [6.45, 7) is 8.61. The molecule has 7 nitrogen and oxygen atoms in total. The number of hydrogen-bond acceptors (Lipinski definition) is 6. The van der Waals surface area contributed by atoms with Crippen molar-refractivity contribution >= 4 is 39.3 Å². The first-order valence-corrected chi connectivity index (χ1v) is 12.0. The third-order valence-electron chi connectivity index (χ3n) is 5.13. The van der Waals surface area contributed by atoms with Gasteiger partial charge in [0, 0.05) is 16.7 Å². The maximum absolute atomic E-state index is 12.5. The first kappa shape index (κ1) is 24.1. The summed E-state index contributed by atoms with van der Waals surface area (Å²) in [5.74, 6) is 2.13. The number of benzene rings is 2. The molecule has 0 fully saturated rings. The Morgan fingerprint density at radius 1 is 1.16 bits per heavy atom. The molecular formula is C23H27BrN4O3S. The van der Waals surface area contributed by atoms with Gasteiger partial charge in [0.05, 0.1) is 12.9 Å². The molecule has 3 rings (SSSR count). The number of amides is 1. The Morgan fingerprint density at radius 3 is 2.56 bits per heavy atom. The second-order valence-electron chi connectivity index (χ2n) is 7.18. The molecule has 9 heteroatoms. The molecule has 0 aliphatic carbocycles. The summed E-state index contributed by atoms with van der Waals surface area (Å²) in [5.41, 5.74) is 2.96. The molecule has 0 bridgehead atoms. The van der Waals surface area contributed by atoms with E-state index in [1.54, 1.807) is 7.11 Å². The molecule has 0 saturated carbocycles. The Bertz CT molecular complexity index is 1100. The number of methoxy groups -OCH3 is 1. The number of hydrogen-bond donors (Lipinski definition) is 1. The summed E-state index contributed by atoms with van der Waals surface area (Å²) in [7, 11) is 1.61. The highest BCUT2D eigenvalue weighted by Gasteiger charge is 2.20. The van der Waals surface area contributed by atoms with E-state index in [1.807, 2.05) is 68.7 Å². The van der Waals surface area contributed by atoms with Crippen molar-refractivity contribution in [3.8, 4) is 11.5 Å². The van der Waals surface area contributed by atoms with Gasteiger partial charge in [-0.15, -0.1) is 10.2 Å². The van der Waals surface area contributed by atoms with Gasteiger partial charge in [0.25, 0.3) is 0 Å². The zero-order chi connectivity index (χ0) is 23.3. The predicted molar refractivity (Wildman–Crippen MR) is 131 cm³/mol. The van der Waals surface area contributed by atoms with Crippen LogP contribution in [0, 0.1) is 13.8 Å². The van der Waals surface area contributed by atoms with E-state index in [4.69, 9.17) is 9.47 Å². The van der Waals surface area contributed by atoms with Crippen LogP contribution in [0.4, 0.5) is 5.69 Å². The summed E-state index contributed by atoms with van der Waals surface area (Å²) >= 11 is 4.87.